The quantitative estimate of drug-likeness (QED) is 0.622. The van der Waals surface area contributed by atoms with Crippen LogP contribution < -0.4 is 5.32 Å². The molecule has 0 radical (unpaired) electrons. The van der Waals surface area contributed by atoms with Crippen molar-refractivity contribution in [1.82, 2.24) is 29.6 Å². The van der Waals surface area contributed by atoms with Gasteiger partial charge in [-0.1, -0.05) is 11.3 Å². The summed E-state index contributed by atoms with van der Waals surface area (Å²) < 4.78 is 3.67. The topological polar surface area (TPSA) is 72.9 Å². The molecular formula is C18H19N7. The van der Waals surface area contributed by atoms with Crippen LogP contribution in [-0.2, 0) is 7.05 Å². The van der Waals surface area contributed by atoms with Crippen LogP contribution in [0, 0.1) is 5.92 Å². The highest BCUT2D eigenvalue weighted by atomic mass is 15.4. The first-order valence-corrected chi connectivity index (χ1v) is 8.60. The standard InChI is InChI=1S/C18H19N7/c1-11(12-3-4-12)20-18-19-10-17-14(7-8-25(17)22-18)13-5-6-15-16(9-13)24(2)23-21-15/h5-12H,3-4H2,1-2H3,(H,20,22)/t11-/m0/s1. The van der Waals surface area contributed by atoms with E-state index >= 15 is 0 Å². The van der Waals surface area contributed by atoms with E-state index in [0.717, 1.165) is 33.6 Å². The second-order valence-corrected chi connectivity index (χ2v) is 6.83. The maximum Gasteiger partial charge on any atom is 0.241 e. The maximum atomic E-state index is 4.61. The number of hydrogen-bond acceptors (Lipinski definition) is 5. The number of hydrogen-bond donors (Lipinski definition) is 1. The highest BCUT2D eigenvalue weighted by Gasteiger charge is 2.28. The molecule has 1 fully saturated rings. The van der Waals surface area contributed by atoms with Crippen LogP contribution in [0.15, 0.2) is 36.7 Å². The highest BCUT2D eigenvalue weighted by Crippen LogP contribution is 2.33. The zero-order valence-electron chi connectivity index (χ0n) is 14.2. The van der Waals surface area contributed by atoms with E-state index in [1.54, 1.807) is 4.68 Å². The van der Waals surface area contributed by atoms with Gasteiger partial charge in [0.05, 0.1) is 17.2 Å². The third-order valence-electron chi connectivity index (χ3n) is 5.02. The van der Waals surface area contributed by atoms with Gasteiger partial charge in [-0.15, -0.1) is 10.2 Å². The van der Waals surface area contributed by atoms with E-state index in [1.807, 2.05) is 30.0 Å². The summed E-state index contributed by atoms with van der Waals surface area (Å²) in [6.45, 7) is 2.20. The molecule has 3 aromatic heterocycles. The minimum Gasteiger partial charge on any atom is -0.350 e. The molecule has 1 atom stereocenters. The molecule has 0 bridgehead atoms. The van der Waals surface area contributed by atoms with E-state index in [0.29, 0.717) is 12.0 Å². The van der Waals surface area contributed by atoms with Crippen molar-refractivity contribution in [1.29, 1.82) is 0 Å². The Hall–Kier alpha value is -2.96. The molecule has 1 N–H and O–H groups in total. The molecule has 7 heteroatoms. The Kier molecular flexibility index (Phi) is 3.03. The van der Waals surface area contributed by atoms with E-state index < -0.39 is 0 Å². The highest BCUT2D eigenvalue weighted by molar-refractivity contribution is 5.87. The van der Waals surface area contributed by atoms with Gasteiger partial charge in [-0.2, -0.15) is 0 Å². The molecule has 5 rings (SSSR count). The smallest absolute Gasteiger partial charge is 0.241 e. The van der Waals surface area contributed by atoms with Crippen molar-refractivity contribution < 1.29 is 0 Å². The Labute approximate surface area is 144 Å². The van der Waals surface area contributed by atoms with E-state index in [2.05, 4.69) is 50.8 Å². The van der Waals surface area contributed by atoms with E-state index in [1.165, 1.54) is 12.8 Å². The molecule has 1 aliphatic rings. The third-order valence-corrected chi connectivity index (χ3v) is 5.02. The SMILES string of the molecule is C[C@H](Nc1ncc2c(-c3ccc4nnn(C)c4c3)ccn2n1)C1CC1. The Balaban J connectivity index is 1.53. The van der Waals surface area contributed by atoms with Crippen LogP contribution in [0.3, 0.4) is 0 Å². The van der Waals surface area contributed by atoms with Gasteiger partial charge in [0.25, 0.3) is 0 Å². The monoisotopic (exact) mass is 333 g/mol. The fraction of sp³-hybridized carbons (Fsp3) is 0.333. The van der Waals surface area contributed by atoms with Gasteiger partial charge in [0.15, 0.2) is 0 Å². The summed E-state index contributed by atoms with van der Waals surface area (Å²) in [5.41, 5.74) is 5.10. The summed E-state index contributed by atoms with van der Waals surface area (Å²) in [6.07, 6.45) is 6.46. The maximum absolute atomic E-state index is 4.61. The first-order valence-electron chi connectivity index (χ1n) is 8.60. The Morgan fingerprint density at radius 3 is 2.92 bits per heavy atom. The summed E-state index contributed by atoms with van der Waals surface area (Å²) in [6, 6.07) is 8.66. The van der Waals surface area contributed by atoms with E-state index in [4.69, 9.17) is 0 Å². The lowest BCUT2D eigenvalue weighted by Crippen LogP contribution is -2.19. The molecule has 0 aliphatic heterocycles. The summed E-state index contributed by atoms with van der Waals surface area (Å²) in [4.78, 5) is 4.51. The number of aromatic nitrogens is 6. The van der Waals surface area contributed by atoms with Crippen LogP contribution in [0.4, 0.5) is 5.95 Å². The predicted molar refractivity (Wildman–Crippen MR) is 96.3 cm³/mol. The molecule has 0 spiro atoms. The number of nitrogens with one attached hydrogen (secondary N) is 1. The lowest BCUT2D eigenvalue weighted by atomic mass is 10.1. The number of anilines is 1. The molecule has 0 amide bonds. The number of nitrogens with zero attached hydrogens (tertiary/aromatic N) is 6. The largest absolute Gasteiger partial charge is 0.350 e. The van der Waals surface area contributed by atoms with Crippen LogP contribution in [0.1, 0.15) is 19.8 Å². The normalized spacial score (nSPS) is 15.8. The summed E-state index contributed by atoms with van der Waals surface area (Å²) in [5.74, 6) is 1.44. The fourth-order valence-corrected chi connectivity index (χ4v) is 3.33. The molecule has 25 heavy (non-hydrogen) atoms. The van der Waals surface area contributed by atoms with Crippen molar-refractivity contribution in [2.45, 2.75) is 25.8 Å². The zero-order valence-corrected chi connectivity index (χ0v) is 14.2. The average Bonchev–Trinajstić information content (AvgIpc) is 3.30. The Morgan fingerprint density at radius 1 is 1.20 bits per heavy atom. The average molecular weight is 333 g/mol. The molecule has 1 aliphatic carbocycles. The molecule has 0 saturated heterocycles. The lowest BCUT2D eigenvalue weighted by molar-refractivity contribution is 0.681. The Bertz CT molecular complexity index is 1070. The van der Waals surface area contributed by atoms with Gasteiger partial charge in [0.2, 0.25) is 5.95 Å². The van der Waals surface area contributed by atoms with Crippen LogP contribution in [-0.4, -0.2) is 35.6 Å². The second kappa shape index (κ2) is 5.27. The molecule has 7 nitrogen and oxygen atoms in total. The van der Waals surface area contributed by atoms with Crippen molar-refractivity contribution in [2.75, 3.05) is 5.32 Å². The summed E-state index contributed by atoms with van der Waals surface area (Å²) >= 11 is 0. The number of benzene rings is 1. The van der Waals surface area contributed by atoms with Crippen molar-refractivity contribution in [3.8, 4) is 11.1 Å². The van der Waals surface area contributed by atoms with Crippen molar-refractivity contribution in [2.24, 2.45) is 13.0 Å². The van der Waals surface area contributed by atoms with Gasteiger partial charge in [0, 0.05) is 24.8 Å². The molecule has 3 heterocycles. The molecule has 126 valence electrons. The molecule has 1 aromatic carbocycles. The van der Waals surface area contributed by atoms with Crippen LogP contribution >= 0.6 is 0 Å². The van der Waals surface area contributed by atoms with E-state index in [-0.39, 0.29) is 0 Å². The number of rotatable bonds is 4. The number of aryl methyl sites for hydroxylation is 1. The van der Waals surface area contributed by atoms with Crippen molar-refractivity contribution in [3.05, 3.63) is 36.7 Å². The van der Waals surface area contributed by atoms with Crippen molar-refractivity contribution >= 4 is 22.5 Å². The molecule has 0 unspecified atom stereocenters. The predicted octanol–water partition coefficient (Wildman–Crippen LogP) is 2.89. The summed E-state index contributed by atoms with van der Waals surface area (Å²) in [5, 5.41) is 16.2. The first-order chi connectivity index (χ1) is 12.2. The van der Waals surface area contributed by atoms with Crippen LogP contribution in [0.2, 0.25) is 0 Å². The lowest BCUT2D eigenvalue weighted by Gasteiger charge is -2.12. The van der Waals surface area contributed by atoms with Crippen LogP contribution in [0.5, 0.6) is 0 Å². The minimum atomic E-state index is 0.423. The van der Waals surface area contributed by atoms with Gasteiger partial charge in [-0.25, -0.2) is 14.2 Å². The number of fused-ring (bicyclic) bond motifs is 2. The fourth-order valence-electron chi connectivity index (χ4n) is 3.33. The van der Waals surface area contributed by atoms with E-state index in [9.17, 15) is 0 Å². The Morgan fingerprint density at radius 2 is 2.08 bits per heavy atom. The van der Waals surface area contributed by atoms with Gasteiger partial charge < -0.3 is 5.32 Å². The van der Waals surface area contributed by atoms with Gasteiger partial charge in [-0.05, 0) is 49.4 Å². The molecular weight excluding hydrogens is 314 g/mol. The molecule has 1 saturated carbocycles. The van der Waals surface area contributed by atoms with Gasteiger partial charge >= 0.3 is 0 Å². The first kappa shape index (κ1) is 14.4. The zero-order chi connectivity index (χ0) is 17.0. The minimum absolute atomic E-state index is 0.423. The van der Waals surface area contributed by atoms with Crippen LogP contribution in [0.25, 0.3) is 27.7 Å². The van der Waals surface area contributed by atoms with Gasteiger partial charge in [0.1, 0.15) is 5.52 Å². The second-order valence-electron chi connectivity index (χ2n) is 6.83. The van der Waals surface area contributed by atoms with Crippen molar-refractivity contribution in [3.63, 3.8) is 0 Å². The third kappa shape index (κ3) is 2.43. The summed E-state index contributed by atoms with van der Waals surface area (Å²) in [7, 11) is 1.90. The van der Waals surface area contributed by atoms with Gasteiger partial charge in [-0.3, -0.25) is 0 Å². The molecule has 4 aromatic rings.